The lowest BCUT2D eigenvalue weighted by molar-refractivity contribution is -0.137. The quantitative estimate of drug-likeness (QED) is 0.665. The van der Waals surface area contributed by atoms with Crippen LogP contribution in [0.5, 0.6) is 5.75 Å². The van der Waals surface area contributed by atoms with Crippen molar-refractivity contribution in [3.05, 3.63) is 24.3 Å². The third kappa shape index (κ3) is 3.01. The predicted octanol–water partition coefficient (Wildman–Crippen LogP) is 1.71. The second-order valence-electron chi connectivity index (χ2n) is 3.28. The van der Waals surface area contributed by atoms with Gasteiger partial charge in [0.15, 0.2) is 0 Å². The Labute approximate surface area is 107 Å². The molecule has 0 fully saturated rings. The molecule has 0 aliphatic carbocycles. The number of nitrogens with zero attached hydrogens (tertiary/aromatic N) is 2. The first-order valence-electron chi connectivity index (χ1n) is 5.01. The van der Waals surface area contributed by atoms with Gasteiger partial charge in [-0.1, -0.05) is 11.8 Å². The summed E-state index contributed by atoms with van der Waals surface area (Å²) in [5, 5.41) is 17.1. The first kappa shape index (κ1) is 12.4. The highest BCUT2D eigenvalue weighted by molar-refractivity contribution is 7.99. The second-order valence-corrected chi connectivity index (χ2v) is 4.21. The highest BCUT2D eigenvalue weighted by Gasteiger charge is 2.11. The number of aromatic hydroxyl groups is 1. The van der Waals surface area contributed by atoms with E-state index in [1.807, 2.05) is 0 Å². The number of rotatable bonds is 4. The van der Waals surface area contributed by atoms with Gasteiger partial charge in [0, 0.05) is 5.56 Å². The molecule has 0 aliphatic heterocycles. The van der Waals surface area contributed by atoms with E-state index < -0.39 is 0 Å². The third-order valence-electron chi connectivity index (χ3n) is 2.06. The number of carbonyl (C=O) groups is 1. The van der Waals surface area contributed by atoms with E-state index >= 15 is 0 Å². The summed E-state index contributed by atoms with van der Waals surface area (Å²) in [4.78, 5) is 10.9. The van der Waals surface area contributed by atoms with E-state index in [0.29, 0.717) is 16.7 Å². The number of hydrogen-bond donors (Lipinski definition) is 1. The van der Waals surface area contributed by atoms with Gasteiger partial charge in [0.05, 0.1) is 7.11 Å². The molecule has 2 aromatic rings. The fourth-order valence-electron chi connectivity index (χ4n) is 1.17. The molecule has 0 saturated carbocycles. The molecule has 0 unspecified atom stereocenters. The van der Waals surface area contributed by atoms with E-state index in [0.717, 1.165) is 11.8 Å². The van der Waals surface area contributed by atoms with Crippen molar-refractivity contribution in [1.29, 1.82) is 0 Å². The highest BCUT2D eigenvalue weighted by atomic mass is 32.2. The van der Waals surface area contributed by atoms with Crippen LogP contribution in [-0.2, 0) is 9.53 Å². The normalized spacial score (nSPS) is 10.3. The van der Waals surface area contributed by atoms with Crippen molar-refractivity contribution >= 4 is 17.7 Å². The number of benzene rings is 1. The second kappa shape index (κ2) is 5.54. The number of thioether (sulfide) groups is 1. The lowest BCUT2D eigenvalue weighted by atomic mass is 10.2. The van der Waals surface area contributed by atoms with Crippen LogP contribution in [0.2, 0.25) is 0 Å². The Morgan fingerprint density at radius 3 is 2.78 bits per heavy atom. The number of ether oxygens (including phenoxy) is 1. The van der Waals surface area contributed by atoms with Gasteiger partial charge < -0.3 is 14.3 Å². The summed E-state index contributed by atoms with van der Waals surface area (Å²) in [5.41, 5.74) is 0.699. The lowest BCUT2D eigenvalue weighted by Crippen LogP contribution is -2.02. The van der Waals surface area contributed by atoms with E-state index in [9.17, 15) is 4.79 Å². The molecule has 0 bridgehead atoms. The molecular weight excluding hydrogens is 256 g/mol. The molecule has 94 valence electrons. The van der Waals surface area contributed by atoms with Crippen LogP contribution >= 0.6 is 11.8 Å². The molecule has 1 aromatic carbocycles. The number of phenolic OH excluding ortho intramolecular Hbond substituents is 1. The zero-order valence-corrected chi connectivity index (χ0v) is 10.3. The highest BCUT2D eigenvalue weighted by Crippen LogP contribution is 2.24. The molecule has 0 atom stereocenters. The van der Waals surface area contributed by atoms with Gasteiger partial charge in [0.2, 0.25) is 5.89 Å². The van der Waals surface area contributed by atoms with E-state index in [1.165, 1.54) is 19.2 Å². The summed E-state index contributed by atoms with van der Waals surface area (Å²) >= 11 is 1.11. The van der Waals surface area contributed by atoms with Crippen molar-refractivity contribution in [1.82, 2.24) is 10.2 Å². The van der Waals surface area contributed by atoms with Gasteiger partial charge in [-0.15, -0.1) is 10.2 Å². The summed E-state index contributed by atoms with van der Waals surface area (Å²) in [5.74, 6) is 0.263. The van der Waals surface area contributed by atoms with Crippen molar-refractivity contribution in [2.75, 3.05) is 12.9 Å². The molecule has 0 amide bonds. The number of esters is 1. The molecular formula is C11H10N2O4S. The minimum absolute atomic E-state index is 0.119. The lowest BCUT2D eigenvalue weighted by Gasteiger charge is -1.95. The Balaban J connectivity index is 2.06. The fourth-order valence-corrected chi connectivity index (χ4v) is 1.76. The van der Waals surface area contributed by atoms with E-state index in [1.54, 1.807) is 12.1 Å². The van der Waals surface area contributed by atoms with Gasteiger partial charge >= 0.3 is 5.97 Å². The van der Waals surface area contributed by atoms with Crippen molar-refractivity contribution in [3.8, 4) is 17.2 Å². The molecule has 0 radical (unpaired) electrons. The van der Waals surface area contributed by atoms with Gasteiger partial charge in [0.25, 0.3) is 5.22 Å². The topological polar surface area (TPSA) is 85.5 Å². The minimum atomic E-state index is -0.357. The van der Waals surface area contributed by atoms with Crippen molar-refractivity contribution in [2.24, 2.45) is 0 Å². The van der Waals surface area contributed by atoms with Crippen molar-refractivity contribution < 1.29 is 19.1 Å². The van der Waals surface area contributed by atoms with Crippen LogP contribution < -0.4 is 0 Å². The third-order valence-corrected chi connectivity index (χ3v) is 2.85. The van der Waals surface area contributed by atoms with Crippen LogP contribution in [0, 0.1) is 0 Å². The van der Waals surface area contributed by atoms with Crippen LogP contribution in [-0.4, -0.2) is 34.1 Å². The van der Waals surface area contributed by atoms with Crippen LogP contribution in [0.4, 0.5) is 0 Å². The number of hydrogen-bond acceptors (Lipinski definition) is 7. The van der Waals surface area contributed by atoms with Gasteiger partial charge in [0.1, 0.15) is 11.5 Å². The summed E-state index contributed by atoms with van der Waals surface area (Å²) in [6, 6.07) is 6.39. The molecule has 6 nitrogen and oxygen atoms in total. The maximum atomic E-state index is 10.9. The first-order valence-corrected chi connectivity index (χ1v) is 6.00. The summed E-state index contributed by atoms with van der Waals surface area (Å²) in [6.45, 7) is 0. The fraction of sp³-hybridized carbons (Fsp3) is 0.182. The molecule has 2 rings (SSSR count). The molecule has 0 saturated heterocycles. The Kier molecular flexibility index (Phi) is 3.83. The number of aromatic nitrogens is 2. The van der Waals surface area contributed by atoms with E-state index in [4.69, 9.17) is 9.52 Å². The van der Waals surface area contributed by atoms with Gasteiger partial charge in [-0.2, -0.15) is 0 Å². The van der Waals surface area contributed by atoms with Gasteiger partial charge in [-0.05, 0) is 24.3 Å². The van der Waals surface area contributed by atoms with Crippen molar-refractivity contribution in [3.63, 3.8) is 0 Å². The van der Waals surface area contributed by atoms with Crippen LogP contribution in [0.3, 0.4) is 0 Å². The maximum absolute atomic E-state index is 10.9. The monoisotopic (exact) mass is 266 g/mol. The molecule has 7 heteroatoms. The SMILES string of the molecule is COC(=O)CSc1nnc(-c2ccc(O)cc2)o1. The Morgan fingerprint density at radius 1 is 1.39 bits per heavy atom. The largest absolute Gasteiger partial charge is 0.508 e. The van der Waals surface area contributed by atoms with Crippen molar-refractivity contribution in [2.45, 2.75) is 5.22 Å². The predicted molar refractivity (Wildman–Crippen MR) is 64.1 cm³/mol. The average molecular weight is 266 g/mol. The molecule has 0 aliphatic rings. The first-order chi connectivity index (χ1) is 8.69. The van der Waals surface area contributed by atoms with Crippen LogP contribution in [0.25, 0.3) is 11.5 Å². The van der Waals surface area contributed by atoms with Crippen LogP contribution in [0.1, 0.15) is 0 Å². The minimum Gasteiger partial charge on any atom is -0.508 e. The van der Waals surface area contributed by atoms with Gasteiger partial charge in [-0.3, -0.25) is 4.79 Å². The average Bonchev–Trinajstić information content (AvgIpc) is 2.85. The zero-order chi connectivity index (χ0) is 13.0. The van der Waals surface area contributed by atoms with E-state index in [2.05, 4.69) is 14.9 Å². The Bertz CT molecular complexity index is 538. The van der Waals surface area contributed by atoms with Crippen LogP contribution in [0.15, 0.2) is 33.9 Å². The number of phenols is 1. The molecule has 1 heterocycles. The number of carbonyl (C=O) groups excluding carboxylic acids is 1. The maximum Gasteiger partial charge on any atom is 0.316 e. The Morgan fingerprint density at radius 2 is 2.11 bits per heavy atom. The molecule has 18 heavy (non-hydrogen) atoms. The molecule has 1 N–H and O–H groups in total. The smallest absolute Gasteiger partial charge is 0.316 e. The Hall–Kier alpha value is -2.02. The van der Waals surface area contributed by atoms with Gasteiger partial charge in [-0.25, -0.2) is 0 Å². The zero-order valence-electron chi connectivity index (χ0n) is 9.49. The summed E-state index contributed by atoms with van der Waals surface area (Å²) < 4.78 is 9.85. The summed E-state index contributed by atoms with van der Waals surface area (Å²) in [6.07, 6.45) is 0. The standard InChI is InChI=1S/C11H10N2O4S/c1-16-9(15)6-18-11-13-12-10(17-11)7-2-4-8(14)5-3-7/h2-5,14H,6H2,1H3. The molecule has 0 spiro atoms. The summed E-state index contributed by atoms with van der Waals surface area (Å²) in [7, 11) is 1.32. The number of methoxy groups -OCH3 is 1. The molecule has 1 aromatic heterocycles. The van der Waals surface area contributed by atoms with E-state index in [-0.39, 0.29) is 17.5 Å².